The van der Waals surface area contributed by atoms with Crippen LogP contribution in [-0.4, -0.2) is 38.1 Å². The molecule has 18 heavy (non-hydrogen) atoms. The van der Waals surface area contributed by atoms with E-state index >= 15 is 0 Å². The standard InChI is InChI=1S/C14H20O4/c1-13(2,15)14(8-18-9-14)11-7-10(16-3)5-6-12(11)17-4/h5-7,15H,8-9H2,1-4H3. The summed E-state index contributed by atoms with van der Waals surface area (Å²) in [6.45, 7) is 4.57. The zero-order chi connectivity index (χ0) is 13.4. The number of methoxy groups -OCH3 is 2. The van der Waals surface area contributed by atoms with Crippen LogP contribution in [0, 0.1) is 0 Å². The molecule has 1 aromatic carbocycles. The summed E-state index contributed by atoms with van der Waals surface area (Å²) >= 11 is 0. The fourth-order valence-electron chi connectivity index (χ4n) is 2.33. The molecule has 4 nitrogen and oxygen atoms in total. The third-order valence-corrected chi connectivity index (χ3v) is 3.79. The van der Waals surface area contributed by atoms with Crippen LogP contribution in [0.4, 0.5) is 0 Å². The predicted molar refractivity (Wildman–Crippen MR) is 68.3 cm³/mol. The molecule has 0 aromatic heterocycles. The summed E-state index contributed by atoms with van der Waals surface area (Å²) in [6, 6.07) is 5.62. The zero-order valence-electron chi connectivity index (χ0n) is 11.3. The van der Waals surface area contributed by atoms with E-state index in [9.17, 15) is 5.11 Å². The van der Waals surface area contributed by atoms with Crippen molar-refractivity contribution in [2.75, 3.05) is 27.4 Å². The first kappa shape index (κ1) is 13.2. The second-order valence-electron chi connectivity index (χ2n) is 5.20. The minimum Gasteiger partial charge on any atom is -0.497 e. The molecule has 1 fully saturated rings. The Kier molecular flexibility index (Phi) is 3.25. The largest absolute Gasteiger partial charge is 0.497 e. The normalized spacial score (nSPS) is 18.1. The van der Waals surface area contributed by atoms with Crippen LogP contribution < -0.4 is 9.47 Å². The molecular weight excluding hydrogens is 232 g/mol. The molecule has 0 radical (unpaired) electrons. The van der Waals surface area contributed by atoms with Gasteiger partial charge in [0.2, 0.25) is 0 Å². The van der Waals surface area contributed by atoms with Crippen LogP contribution in [0.3, 0.4) is 0 Å². The van der Waals surface area contributed by atoms with Gasteiger partial charge in [-0.05, 0) is 32.0 Å². The molecule has 1 aliphatic rings. The maximum atomic E-state index is 10.4. The Morgan fingerprint density at radius 1 is 1.22 bits per heavy atom. The smallest absolute Gasteiger partial charge is 0.123 e. The highest BCUT2D eigenvalue weighted by molar-refractivity contribution is 5.48. The van der Waals surface area contributed by atoms with Crippen molar-refractivity contribution >= 4 is 0 Å². The Morgan fingerprint density at radius 3 is 2.28 bits per heavy atom. The third kappa shape index (κ3) is 1.85. The third-order valence-electron chi connectivity index (χ3n) is 3.79. The minimum atomic E-state index is -0.884. The molecule has 0 unspecified atom stereocenters. The minimum absolute atomic E-state index is 0.438. The highest BCUT2D eigenvalue weighted by atomic mass is 16.5. The van der Waals surface area contributed by atoms with Crippen LogP contribution in [0.1, 0.15) is 19.4 Å². The second kappa shape index (κ2) is 4.44. The van der Waals surface area contributed by atoms with E-state index in [0.29, 0.717) is 13.2 Å². The molecular formula is C14H20O4. The summed E-state index contributed by atoms with van der Waals surface area (Å²) in [4.78, 5) is 0. The maximum absolute atomic E-state index is 10.4. The van der Waals surface area contributed by atoms with Crippen LogP contribution in [0.25, 0.3) is 0 Å². The van der Waals surface area contributed by atoms with E-state index in [0.717, 1.165) is 17.1 Å². The first-order valence-electron chi connectivity index (χ1n) is 5.97. The Hall–Kier alpha value is -1.26. The van der Waals surface area contributed by atoms with Crippen LogP contribution in [0.15, 0.2) is 18.2 Å². The second-order valence-corrected chi connectivity index (χ2v) is 5.20. The highest BCUT2D eigenvalue weighted by Crippen LogP contribution is 2.46. The highest BCUT2D eigenvalue weighted by Gasteiger charge is 2.53. The first-order valence-corrected chi connectivity index (χ1v) is 5.97. The number of ether oxygens (including phenoxy) is 3. The molecule has 0 atom stereocenters. The summed E-state index contributed by atoms with van der Waals surface area (Å²) in [5.74, 6) is 1.50. The van der Waals surface area contributed by atoms with Crippen molar-refractivity contribution in [3.63, 3.8) is 0 Å². The molecule has 0 saturated carbocycles. The van der Waals surface area contributed by atoms with Crippen molar-refractivity contribution in [3.8, 4) is 11.5 Å². The molecule has 100 valence electrons. The van der Waals surface area contributed by atoms with Gasteiger partial charge in [0.1, 0.15) is 11.5 Å². The fourth-order valence-corrected chi connectivity index (χ4v) is 2.33. The maximum Gasteiger partial charge on any atom is 0.123 e. The molecule has 1 heterocycles. The number of benzene rings is 1. The van der Waals surface area contributed by atoms with Gasteiger partial charge in [0, 0.05) is 5.56 Å². The van der Waals surface area contributed by atoms with Crippen molar-refractivity contribution in [2.24, 2.45) is 0 Å². The lowest BCUT2D eigenvalue weighted by Crippen LogP contribution is -2.60. The fraction of sp³-hybridized carbons (Fsp3) is 0.571. The molecule has 0 aliphatic carbocycles. The quantitative estimate of drug-likeness (QED) is 0.886. The SMILES string of the molecule is COc1ccc(OC)c(C2(C(C)(C)O)COC2)c1. The van der Waals surface area contributed by atoms with E-state index in [1.165, 1.54) is 0 Å². The topological polar surface area (TPSA) is 47.9 Å². The summed E-state index contributed by atoms with van der Waals surface area (Å²) in [7, 11) is 3.25. The zero-order valence-corrected chi connectivity index (χ0v) is 11.3. The van der Waals surface area contributed by atoms with Gasteiger partial charge in [-0.3, -0.25) is 0 Å². The van der Waals surface area contributed by atoms with Gasteiger partial charge in [-0.25, -0.2) is 0 Å². The van der Waals surface area contributed by atoms with Gasteiger partial charge in [-0.15, -0.1) is 0 Å². The Bertz CT molecular complexity index is 430. The molecule has 2 rings (SSSR count). The van der Waals surface area contributed by atoms with E-state index in [4.69, 9.17) is 14.2 Å². The Morgan fingerprint density at radius 2 is 1.89 bits per heavy atom. The predicted octanol–water partition coefficient (Wildman–Crippen LogP) is 1.74. The monoisotopic (exact) mass is 252 g/mol. The van der Waals surface area contributed by atoms with E-state index in [-0.39, 0.29) is 0 Å². The van der Waals surface area contributed by atoms with Gasteiger partial charge in [0.15, 0.2) is 0 Å². The van der Waals surface area contributed by atoms with Crippen LogP contribution in [-0.2, 0) is 10.2 Å². The van der Waals surface area contributed by atoms with Gasteiger partial charge < -0.3 is 19.3 Å². The summed E-state index contributed by atoms with van der Waals surface area (Å²) in [5, 5.41) is 10.4. The van der Waals surface area contributed by atoms with Crippen molar-refractivity contribution in [2.45, 2.75) is 24.9 Å². The molecule has 4 heteroatoms. The lowest BCUT2D eigenvalue weighted by Gasteiger charge is -2.50. The van der Waals surface area contributed by atoms with E-state index < -0.39 is 11.0 Å². The lowest BCUT2D eigenvalue weighted by atomic mass is 9.67. The van der Waals surface area contributed by atoms with Gasteiger partial charge in [-0.1, -0.05) is 0 Å². The molecule has 1 aliphatic heterocycles. The number of aliphatic hydroxyl groups is 1. The van der Waals surface area contributed by atoms with Crippen molar-refractivity contribution < 1.29 is 19.3 Å². The van der Waals surface area contributed by atoms with E-state index in [2.05, 4.69) is 0 Å². The van der Waals surface area contributed by atoms with Crippen LogP contribution >= 0.6 is 0 Å². The molecule has 1 saturated heterocycles. The van der Waals surface area contributed by atoms with Crippen molar-refractivity contribution in [3.05, 3.63) is 23.8 Å². The summed E-state index contributed by atoms with van der Waals surface area (Å²) in [6.07, 6.45) is 0. The number of hydrogen-bond donors (Lipinski definition) is 1. The van der Waals surface area contributed by atoms with Crippen LogP contribution in [0.5, 0.6) is 11.5 Å². The molecule has 1 N–H and O–H groups in total. The Balaban J connectivity index is 2.54. The Labute approximate surface area is 107 Å². The average Bonchev–Trinajstić information content (AvgIpc) is 2.25. The van der Waals surface area contributed by atoms with Gasteiger partial charge in [0.25, 0.3) is 0 Å². The van der Waals surface area contributed by atoms with Gasteiger partial charge in [0.05, 0.1) is 38.4 Å². The van der Waals surface area contributed by atoms with E-state index in [1.807, 2.05) is 18.2 Å². The molecule has 0 bridgehead atoms. The van der Waals surface area contributed by atoms with Gasteiger partial charge >= 0.3 is 0 Å². The number of hydrogen-bond acceptors (Lipinski definition) is 4. The van der Waals surface area contributed by atoms with E-state index in [1.54, 1.807) is 28.1 Å². The van der Waals surface area contributed by atoms with Crippen molar-refractivity contribution in [1.82, 2.24) is 0 Å². The summed E-state index contributed by atoms with van der Waals surface area (Å²) in [5.41, 5.74) is -0.388. The summed E-state index contributed by atoms with van der Waals surface area (Å²) < 4.78 is 16.0. The van der Waals surface area contributed by atoms with Crippen LogP contribution in [0.2, 0.25) is 0 Å². The molecule has 0 spiro atoms. The molecule has 0 amide bonds. The van der Waals surface area contributed by atoms with Gasteiger partial charge in [-0.2, -0.15) is 0 Å². The lowest BCUT2D eigenvalue weighted by molar-refractivity contribution is -0.158. The number of rotatable bonds is 4. The average molecular weight is 252 g/mol. The first-order chi connectivity index (χ1) is 8.44. The van der Waals surface area contributed by atoms with Crippen molar-refractivity contribution in [1.29, 1.82) is 0 Å². The molecule has 1 aromatic rings.